The Morgan fingerprint density at radius 2 is 1.60 bits per heavy atom. The number of carbonyl (C=O) groups is 8. The van der Waals surface area contributed by atoms with Crippen molar-refractivity contribution < 1.29 is 51.5 Å². The van der Waals surface area contributed by atoms with Gasteiger partial charge in [0, 0.05) is 57.1 Å². The smallest absolute Gasteiger partial charge is 0.356 e. The minimum Gasteiger partial charge on any atom is -0.356 e. The van der Waals surface area contributed by atoms with Gasteiger partial charge in [0.15, 0.2) is 0 Å². The fraction of sp³-hybridized carbons (Fsp3) is 0.696. The van der Waals surface area contributed by atoms with E-state index in [9.17, 15) is 51.5 Å². The lowest BCUT2D eigenvalue weighted by Gasteiger charge is -2.37. The molecule has 0 unspecified atom stereocenters. The fourth-order valence-corrected chi connectivity index (χ4v) is 7.95. The summed E-state index contributed by atoms with van der Waals surface area (Å²) in [5.74, 6) is -5.89. The molecule has 5 N–H and O–H groups in total. The molecule has 1 fully saturated rings. The first-order valence-corrected chi connectivity index (χ1v) is 23.7. The van der Waals surface area contributed by atoms with Crippen LogP contribution in [-0.2, 0) is 44.8 Å². The van der Waals surface area contributed by atoms with Crippen LogP contribution in [0.4, 0.5) is 13.2 Å². The van der Waals surface area contributed by atoms with Gasteiger partial charge in [-0.3, -0.25) is 38.4 Å². The van der Waals surface area contributed by atoms with E-state index in [1.165, 1.54) is 30.7 Å². The Kier molecular flexibility index (Phi) is 23.4. The van der Waals surface area contributed by atoms with Gasteiger partial charge in [-0.25, -0.2) is 0 Å². The monoisotopic (exact) mass is 990 g/mol. The van der Waals surface area contributed by atoms with E-state index < -0.39 is 89.2 Å². The lowest BCUT2D eigenvalue weighted by atomic mass is 9.91. The number of nitrogens with one attached hydrogen (secondary N) is 5. The summed E-state index contributed by atoms with van der Waals surface area (Å²) >= 11 is 12.9. The van der Waals surface area contributed by atoms with E-state index in [1.54, 1.807) is 32.2 Å². The van der Waals surface area contributed by atoms with Crippen molar-refractivity contribution in [1.29, 1.82) is 0 Å². The number of carbonyl (C=O) groups excluding carboxylic acids is 8. The summed E-state index contributed by atoms with van der Waals surface area (Å²) in [6.45, 7) is 11.8. The first-order valence-electron chi connectivity index (χ1n) is 23.0. The molecule has 67 heavy (non-hydrogen) atoms. The van der Waals surface area contributed by atoms with Crippen molar-refractivity contribution >= 4 is 70.5 Å². The van der Waals surface area contributed by atoms with Gasteiger partial charge in [-0.1, -0.05) is 50.9 Å². The molecule has 16 nitrogen and oxygen atoms in total. The van der Waals surface area contributed by atoms with Crippen molar-refractivity contribution in [2.24, 2.45) is 11.3 Å². The second-order valence-corrected chi connectivity index (χ2v) is 19.1. The summed E-state index contributed by atoms with van der Waals surface area (Å²) in [5, 5.41) is 13.7. The molecule has 1 aromatic carbocycles. The highest BCUT2D eigenvalue weighted by Crippen LogP contribution is 2.37. The number of hydrogen-bond acceptors (Lipinski definition) is 8. The van der Waals surface area contributed by atoms with Gasteiger partial charge in [-0.05, 0) is 108 Å². The Balaban J connectivity index is 2.68. The minimum atomic E-state index is -4.93. The number of nitrogens with zero attached hydrogens (tertiary/aromatic N) is 3. The molecule has 0 spiro atoms. The Bertz CT molecular complexity index is 1900. The average Bonchev–Trinajstić information content (AvgIpc) is 3.24. The van der Waals surface area contributed by atoms with Gasteiger partial charge < -0.3 is 41.3 Å². The van der Waals surface area contributed by atoms with Crippen LogP contribution in [-0.4, -0.2) is 138 Å². The third kappa shape index (κ3) is 17.4. The minimum absolute atomic E-state index is 0.0209. The summed E-state index contributed by atoms with van der Waals surface area (Å²) in [5.41, 5.74) is -2.37. The number of likely N-dealkylation sites (N-methyl/N-ethyl adjacent to an activating group) is 2. The molecule has 21 heteroatoms. The van der Waals surface area contributed by atoms with Crippen LogP contribution in [0.15, 0.2) is 18.2 Å². The van der Waals surface area contributed by atoms with Gasteiger partial charge >= 0.3 is 6.18 Å². The molecule has 0 saturated carbocycles. The molecule has 0 radical (unpaired) electrons. The molecule has 6 atom stereocenters. The molecule has 1 aliphatic heterocycles. The number of amides is 8. The molecule has 8 amide bonds. The van der Waals surface area contributed by atoms with Crippen LogP contribution < -0.4 is 26.6 Å². The number of rotatable bonds is 18. The largest absolute Gasteiger partial charge is 0.402 e. The van der Waals surface area contributed by atoms with Crippen LogP contribution in [0.3, 0.4) is 0 Å². The van der Waals surface area contributed by atoms with Crippen molar-refractivity contribution in [2.45, 2.75) is 162 Å². The predicted octanol–water partition coefficient (Wildman–Crippen LogP) is 4.92. The molecule has 1 aromatic rings. The number of benzene rings is 1. The van der Waals surface area contributed by atoms with E-state index in [0.29, 0.717) is 55.1 Å². The number of hydrogen-bond donors (Lipinski definition) is 5. The SMILES string of the molecule is CCCN1C(=O)[C@H](CC(C)C)NC(=O)[C@@H](N(C)C(=O)[C@H](CCCCNC(C)=O)NC(=O)[C@H](CC)NC(=O)C(C)(C)C(F)(F)F)CCCCN(C)C(=O)[C@@H](C)NC(=O)[C@@H]1Cc1cc(Cl)ccc1Cl. The Hall–Kier alpha value is -4.65. The molecule has 1 saturated heterocycles. The van der Waals surface area contributed by atoms with E-state index in [-0.39, 0.29) is 70.0 Å². The zero-order valence-electron chi connectivity index (χ0n) is 40.5. The maximum absolute atomic E-state index is 14.9. The van der Waals surface area contributed by atoms with Crippen LogP contribution in [0.25, 0.3) is 0 Å². The van der Waals surface area contributed by atoms with E-state index in [1.807, 2.05) is 20.8 Å². The average molecular weight is 992 g/mol. The second-order valence-electron chi connectivity index (χ2n) is 18.2. The molecule has 2 rings (SSSR count). The summed E-state index contributed by atoms with van der Waals surface area (Å²) in [7, 11) is 2.93. The zero-order valence-corrected chi connectivity index (χ0v) is 42.0. The van der Waals surface area contributed by atoms with Crippen LogP contribution in [0, 0.1) is 11.3 Å². The third-order valence-corrected chi connectivity index (χ3v) is 12.4. The van der Waals surface area contributed by atoms with Crippen LogP contribution >= 0.6 is 23.2 Å². The first kappa shape index (κ1) is 58.5. The van der Waals surface area contributed by atoms with Crippen LogP contribution in [0.2, 0.25) is 10.0 Å². The normalized spacial score (nSPS) is 20.4. The molecule has 0 bridgehead atoms. The van der Waals surface area contributed by atoms with Gasteiger partial charge in [0.1, 0.15) is 41.7 Å². The summed E-state index contributed by atoms with van der Waals surface area (Å²) in [6, 6.07) is -2.73. The van der Waals surface area contributed by atoms with Gasteiger partial charge in [0.05, 0.1) is 0 Å². The van der Waals surface area contributed by atoms with E-state index in [2.05, 4.69) is 26.6 Å². The second kappa shape index (κ2) is 26.8. The molecular weight excluding hydrogens is 920 g/mol. The van der Waals surface area contributed by atoms with Crippen molar-refractivity contribution in [1.82, 2.24) is 41.3 Å². The summed E-state index contributed by atoms with van der Waals surface area (Å²) in [4.78, 5) is 114. The van der Waals surface area contributed by atoms with Gasteiger partial charge in [-0.2, -0.15) is 13.2 Å². The molecule has 0 aromatic heterocycles. The maximum Gasteiger partial charge on any atom is 0.402 e. The lowest BCUT2D eigenvalue weighted by Crippen LogP contribution is -2.61. The highest BCUT2D eigenvalue weighted by Gasteiger charge is 2.53. The Morgan fingerprint density at radius 3 is 2.18 bits per heavy atom. The quantitative estimate of drug-likeness (QED) is 0.127. The van der Waals surface area contributed by atoms with Crippen LogP contribution in [0.1, 0.15) is 119 Å². The van der Waals surface area contributed by atoms with E-state index in [0.717, 1.165) is 4.90 Å². The standard InChI is InChI=1S/C46H71Cl2F3N8O8/c1-11-22-59-37(26-30-25-31(47)19-20-32(30)48)40(63)53-28(5)41(64)57(9)23-16-14-18-36(39(62)55-35(43(59)66)24-27(3)4)58(10)42(65)34(17-13-15-21-52-29(6)60)54-38(61)33(12-2)56-44(67)45(7,8)46(49,50)51/h19-20,25,27-28,33-37H,11-18,21-24,26H2,1-10H3,(H,52,60)(H,53,63)(H,54,61)(H,55,62)(H,56,67)/t28-,33+,34+,35+,36+,37+/m1/s1. The molecule has 1 aliphatic rings. The Morgan fingerprint density at radius 1 is 0.940 bits per heavy atom. The van der Waals surface area contributed by atoms with Crippen molar-refractivity contribution in [3.63, 3.8) is 0 Å². The number of unbranched alkanes of at least 4 members (excludes halogenated alkanes) is 1. The van der Waals surface area contributed by atoms with Crippen molar-refractivity contribution in [3.05, 3.63) is 33.8 Å². The van der Waals surface area contributed by atoms with E-state index >= 15 is 0 Å². The lowest BCUT2D eigenvalue weighted by molar-refractivity contribution is -0.211. The third-order valence-electron chi connectivity index (χ3n) is 11.8. The zero-order chi connectivity index (χ0) is 51.0. The fourth-order valence-electron chi connectivity index (χ4n) is 7.56. The Labute approximate surface area is 402 Å². The first-order chi connectivity index (χ1) is 31.2. The summed E-state index contributed by atoms with van der Waals surface area (Å²) in [6.07, 6.45) is -3.27. The van der Waals surface area contributed by atoms with Gasteiger partial charge in [-0.15, -0.1) is 0 Å². The molecule has 1 heterocycles. The number of alkyl halides is 3. The topological polar surface area (TPSA) is 206 Å². The summed E-state index contributed by atoms with van der Waals surface area (Å²) < 4.78 is 41.2. The van der Waals surface area contributed by atoms with Crippen molar-refractivity contribution in [3.8, 4) is 0 Å². The van der Waals surface area contributed by atoms with Crippen LogP contribution in [0.5, 0.6) is 0 Å². The number of halogens is 5. The molecular formula is C46H71Cl2F3N8O8. The molecule has 0 aliphatic carbocycles. The van der Waals surface area contributed by atoms with E-state index in [4.69, 9.17) is 23.2 Å². The predicted molar refractivity (Wildman–Crippen MR) is 250 cm³/mol. The van der Waals surface area contributed by atoms with Crippen molar-refractivity contribution in [2.75, 3.05) is 33.7 Å². The highest BCUT2D eigenvalue weighted by molar-refractivity contribution is 6.33. The molecule has 378 valence electrons. The van der Waals surface area contributed by atoms with Gasteiger partial charge in [0.2, 0.25) is 47.3 Å². The highest BCUT2D eigenvalue weighted by atomic mass is 35.5. The van der Waals surface area contributed by atoms with Gasteiger partial charge in [0.25, 0.3) is 0 Å². The maximum atomic E-state index is 14.9.